The summed E-state index contributed by atoms with van der Waals surface area (Å²) in [6.07, 6.45) is 8.31. The molecule has 12 atom stereocenters. The summed E-state index contributed by atoms with van der Waals surface area (Å²) in [6.45, 7) is 4.66. The second-order valence-electron chi connectivity index (χ2n) is 15.0. The van der Waals surface area contributed by atoms with Crippen molar-refractivity contribution in [1.29, 1.82) is 0 Å². The van der Waals surface area contributed by atoms with Crippen LogP contribution in [0.15, 0.2) is 41.0 Å². The van der Waals surface area contributed by atoms with Crippen LogP contribution in [0.3, 0.4) is 0 Å². The fourth-order valence-corrected chi connectivity index (χ4v) is 10.6. The molecule has 4 aliphatic carbocycles. The Morgan fingerprint density at radius 3 is 2.64 bits per heavy atom. The molecule has 7 rings (SSSR count). The van der Waals surface area contributed by atoms with Gasteiger partial charge in [-0.1, -0.05) is 13.0 Å². The summed E-state index contributed by atoms with van der Waals surface area (Å²) in [5.74, 6) is -0.181. The van der Waals surface area contributed by atoms with E-state index in [0.717, 1.165) is 30.5 Å². The summed E-state index contributed by atoms with van der Waals surface area (Å²) in [7, 11) is 0. The molecule has 246 valence electrons. The third-order valence-electron chi connectivity index (χ3n) is 12.9. The Morgan fingerprint density at radius 2 is 1.91 bits per heavy atom. The fraction of sp³-hybridized carbons (Fsp3) is 0.743. The van der Waals surface area contributed by atoms with Crippen LogP contribution in [-0.2, 0) is 25.5 Å². The first-order chi connectivity index (χ1) is 21.5. The lowest BCUT2D eigenvalue weighted by molar-refractivity contribution is -0.282. The molecule has 0 bridgehead atoms. The van der Waals surface area contributed by atoms with Crippen LogP contribution in [-0.4, -0.2) is 86.1 Å². The number of rotatable bonds is 6. The monoisotopic (exact) mass is 624 g/mol. The molecule has 3 heterocycles. The number of nitrogens with zero attached hydrogens (tertiary/aromatic N) is 2. The van der Waals surface area contributed by atoms with E-state index in [-0.39, 0.29) is 41.7 Å². The predicted molar refractivity (Wildman–Crippen MR) is 164 cm³/mol. The smallest absolute Gasteiger partial charge is 0.331 e. The number of hydrogen-bond donors (Lipinski definition) is 4. The van der Waals surface area contributed by atoms with Gasteiger partial charge >= 0.3 is 5.97 Å². The van der Waals surface area contributed by atoms with Crippen LogP contribution in [0, 0.1) is 28.6 Å². The van der Waals surface area contributed by atoms with E-state index in [1.165, 1.54) is 0 Å². The van der Waals surface area contributed by atoms with Crippen LogP contribution in [0.4, 0.5) is 0 Å². The number of ether oxygens (including phenoxy) is 3. The van der Waals surface area contributed by atoms with Crippen molar-refractivity contribution in [3.8, 4) is 0 Å². The topological polar surface area (TPSA) is 151 Å². The summed E-state index contributed by atoms with van der Waals surface area (Å²) in [6, 6.07) is 5.78. The van der Waals surface area contributed by atoms with E-state index in [4.69, 9.17) is 19.2 Å². The van der Waals surface area contributed by atoms with E-state index in [9.17, 15) is 25.2 Å². The zero-order valence-electron chi connectivity index (χ0n) is 26.4. The van der Waals surface area contributed by atoms with Crippen molar-refractivity contribution in [2.45, 2.75) is 127 Å². The predicted octanol–water partition coefficient (Wildman–Crippen LogP) is 3.25. The van der Waals surface area contributed by atoms with Crippen LogP contribution in [0.25, 0.3) is 0 Å². The highest BCUT2D eigenvalue weighted by molar-refractivity contribution is 5.85. The zero-order chi connectivity index (χ0) is 31.6. The quantitative estimate of drug-likeness (QED) is 0.212. The van der Waals surface area contributed by atoms with Gasteiger partial charge in [-0.15, -0.1) is 0 Å². The first-order valence-corrected chi connectivity index (χ1v) is 16.9. The van der Waals surface area contributed by atoms with E-state index in [1.807, 2.05) is 24.4 Å². The minimum atomic E-state index is -1.10. The third-order valence-corrected chi connectivity index (χ3v) is 12.9. The van der Waals surface area contributed by atoms with Gasteiger partial charge in [-0.2, -0.15) is 0 Å². The molecule has 1 aromatic rings. The first kappa shape index (κ1) is 31.4. The van der Waals surface area contributed by atoms with Gasteiger partial charge in [-0.3, -0.25) is 9.98 Å². The van der Waals surface area contributed by atoms with Crippen LogP contribution >= 0.6 is 0 Å². The highest BCUT2D eigenvalue weighted by atomic mass is 16.7. The average molecular weight is 625 g/mol. The Kier molecular flexibility index (Phi) is 8.02. The highest BCUT2D eigenvalue weighted by Gasteiger charge is 2.71. The van der Waals surface area contributed by atoms with Crippen molar-refractivity contribution >= 4 is 12.2 Å². The number of aliphatic hydroxyl groups excluding tert-OH is 2. The van der Waals surface area contributed by atoms with Crippen molar-refractivity contribution < 1.29 is 39.4 Å². The Morgan fingerprint density at radius 1 is 1.09 bits per heavy atom. The van der Waals surface area contributed by atoms with E-state index in [0.29, 0.717) is 51.7 Å². The number of cyclic esters (lactones) is 1. The Balaban J connectivity index is 1.17. The fourth-order valence-electron chi connectivity index (χ4n) is 10.6. The molecule has 5 fully saturated rings. The van der Waals surface area contributed by atoms with Crippen LogP contribution < -0.4 is 0 Å². The van der Waals surface area contributed by atoms with Crippen LogP contribution in [0.2, 0.25) is 0 Å². The average Bonchev–Trinajstić information content (AvgIpc) is 3.56. The molecule has 4 N–H and O–H groups in total. The van der Waals surface area contributed by atoms with E-state index < -0.39 is 41.2 Å². The molecular weight excluding hydrogens is 576 g/mol. The Labute approximate surface area is 264 Å². The summed E-state index contributed by atoms with van der Waals surface area (Å²) < 4.78 is 17.5. The van der Waals surface area contributed by atoms with Gasteiger partial charge in [0.05, 0.1) is 41.8 Å². The van der Waals surface area contributed by atoms with Crippen molar-refractivity contribution in [2.24, 2.45) is 33.6 Å². The lowest BCUT2D eigenvalue weighted by atomic mass is 9.41. The number of aliphatic hydroxyl groups is 4. The van der Waals surface area contributed by atoms with Gasteiger partial charge in [0, 0.05) is 42.2 Å². The molecule has 45 heavy (non-hydrogen) atoms. The Hall–Kier alpha value is -2.21. The van der Waals surface area contributed by atoms with Gasteiger partial charge in [0.25, 0.3) is 0 Å². The maximum atomic E-state index is 12.7. The van der Waals surface area contributed by atoms with E-state index in [2.05, 4.69) is 11.9 Å². The molecular formula is C35H48N2O8. The maximum Gasteiger partial charge on any atom is 0.331 e. The maximum absolute atomic E-state index is 12.7. The van der Waals surface area contributed by atoms with Gasteiger partial charge in [0.15, 0.2) is 6.29 Å². The molecule has 10 heteroatoms. The molecule has 1 saturated heterocycles. The van der Waals surface area contributed by atoms with Gasteiger partial charge in [0.1, 0.15) is 12.7 Å². The first-order valence-electron chi connectivity index (χ1n) is 16.9. The third kappa shape index (κ3) is 5.02. The molecule has 1 aromatic heterocycles. The minimum Gasteiger partial charge on any atom is -0.458 e. The molecule has 0 unspecified atom stereocenters. The standard InChI is InChI=1S/C35H48N2O8/c1-21-31(40)28(38)16-30(44-21)45-24-6-11-33(20-36-18-23-5-3-4-14-37-23)26-7-10-32(2)25(22-15-29(39)43-19-22)9-13-35(32,42)27(26)8-12-34(33,41)17-24/h3-5,14-15,20-21,24-28,30-31,38,40-42H,6-13,16-19H2,1-2H3/t21-,24-,25-,26+,27-,28-,30+,31-,32-,33+,34+,35-/m1/s1. The van der Waals surface area contributed by atoms with Crippen LogP contribution in [0.1, 0.15) is 83.7 Å². The Bertz CT molecular complexity index is 1330. The van der Waals surface area contributed by atoms with Gasteiger partial charge in [-0.05, 0) is 93.7 Å². The highest BCUT2D eigenvalue weighted by Crippen LogP contribution is 2.70. The number of pyridine rings is 1. The zero-order valence-corrected chi connectivity index (χ0v) is 26.4. The normalized spacial score (nSPS) is 48.0. The number of hydrogen-bond acceptors (Lipinski definition) is 10. The molecule has 0 spiro atoms. The molecule has 0 radical (unpaired) electrons. The summed E-state index contributed by atoms with van der Waals surface area (Å²) in [5, 5.41) is 45.9. The SMILES string of the molecule is C[C@H]1O[C@@H](O[C@@H]2CC[C@]3(C=NCc4ccccn4)[C@H]4CC[C@]5(C)[C@@H](C6=CC(=O)OC6)CC[C@@]5(O)[C@@H]4CC[C@]3(O)C2)C[C@@H](O)[C@@H]1O. The van der Waals surface area contributed by atoms with Crippen molar-refractivity contribution in [2.75, 3.05) is 6.61 Å². The summed E-state index contributed by atoms with van der Waals surface area (Å²) in [5.41, 5.74) is -1.19. The molecule has 0 amide bonds. The second-order valence-corrected chi connectivity index (χ2v) is 15.0. The second kappa shape index (κ2) is 11.5. The number of aliphatic imine (C=N–C) groups is 1. The number of carbonyl (C=O) groups excluding carboxylic acids is 1. The number of fused-ring (bicyclic) bond motifs is 5. The van der Waals surface area contributed by atoms with Crippen molar-refractivity contribution in [3.05, 3.63) is 41.7 Å². The van der Waals surface area contributed by atoms with E-state index >= 15 is 0 Å². The summed E-state index contributed by atoms with van der Waals surface area (Å²) >= 11 is 0. The summed E-state index contributed by atoms with van der Waals surface area (Å²) in [4.78, 5) is 21.4. The lowest BCUT2D eigenvalue weighted by Crippen LogP contribution is -2.69. The molecule has 4 saturated carbocycles. The van der Waals surface area contributed by atoms with Gasteiger partial charge in [-0.25, -0.2) is 4.79 Å². The van der Waals surface area contributed by atoms with Crippen LogP contribution in [0.5, 0.6) is 0 Å². The molecule has 0 aromatic carbocycles. The van der Waals surface area contributed by atoms with Crippen molar-refractivity contribution in [3.63, 3.8) is 0 Å². The lowest BCUT2D eigenvalue weighted by Gasteiger charge is -2.66. The molecule has 6 aliphatic rings. The van der Waals surface area contributed by atoms with Crippen molar-refractivity contribution in [1.82, 2.24) is 4.98 Å². The number of aromatic nitrogens is 1. The minimum absolute atomic E-state index is 0.0157. The molecule has 2 aliphatic heterocycles. The number of esters is 1. The van der Waals surface area contributed by atoms with Gasteiger partial charge in [0.2, 0.25) is 0 Å². The largest absolute Gasteiger partial charge is 0.458 e. The van der Waals surface area contributed by atoms with E-state index in [1.54, 1.807) is 19.2 Å². The van der Waals surface area contributed by atoms with Gasteiger partial charge < -0.3 is 34.6 Å². The molecule has 10 nitrogen and oxygen atoms in total. The number of carbonyl (C=O) groups is 1.